The van der Waals surface area contributed by atoms with Crippen molar-refractivity contribution in [1.82, 2.24) is 9.62 Å². The molecule has 0 aromatic heterocycles. The molecule has 1 N–H and O–H groups in total. The summed E-state index contributed by atoms with van der Waals surface area (Å²) in [6, 6.07) is 15.5. The van der Waals surface area contributed by atoms with Crippen LogP contribution in [-0.4, -0.2) is 64.5 Å². The molecular formula is C23H30N4O3S. The minimum absolute atomic E-state index is 0.0210. The summed E-state index contributed by atoms with van der Waals surface area (Å²) >= 11 is 0. The summed E-state index contributed by atoms with van der Waals surface area (Å²) in [5.74, 6) is -0.0210. The number of piperazine rings is 1. The number of nitrogens with one attached hydrogen (secondary N) is 1. The Morgan fingerprint density at radius 2 is 1.77 bits per heavy atom. The van der Waals surface area contributed by atoms with Gasteiger partial charge in [0.2, 0.25) is 15.9 Å². The zero-order valence-electron chi connectivity index (χ0n) is 18.1. The third-order valence-electron chi connectivity index (χ3n) is 6.13. The Balaban J connectivity index is 1.30. The van der Waals surface area contributed by atoms with Gasteiger partial charge in [0.05, 0.1) is 4.90 Å². The fraction of sp³-hybridized carbons (Fsp3) is 0.435. The van der Waals surface area contributed by atoms with Gasteiger partial charge in [0.25, 0.3) is 0 Å². The number of hydrogen-bond donors (Lipinski definition) is 1. The number of rotatable bonds is 6. The first kappa shape index (κ1) is 21.8. The van der Waals surface area contributed by atoms with Crippen molar-refractivity contribution >= 4 is 27.3 Å². The van der Waals surface area contributed by atoms with Crippen molar-refractivity contribution in [3.05, 3.63) is 54.1 Å². The normalized spacial score (nSPS) is 19.5. The van der Waals surface area contributed by atoms with Crippen molar-refractivity contribution in [2.75, 3.05) is 49.1 Å². The molecule has 166 valence electrons. The standard InChI is InChI=1S/C23H30N4O3S/c1-18-16-20-17-22(8-9-23(20)27(18)19(2)28)31(29,30)24-10-11-25-12-14-26(15-13-25)21-6-4-3-5-7-21/h3-9,17-18,24H,10-16H2,1-2H3. The van der Waals surface area contributed by atoms with Crippen LogP contribution < -0.4 is 14.5 Å². The van der Waals surface area contributed by atoms with Crippen LogP contribution in [0.4, 0.5) is 11.4 Å². The van der Waals surface area contributed by atoms with E-state index in [2.05, 4.69) is 26.7 Å². The van der Waals surface area contributed by atoms with Gasteiger partial charge in [0.1, 0.15) is 0 Å². The highest BCUT2D eigenvalue weighted by Gasteiger charge is 2.30. The highest BCUT2D eigenvalue weighted by molar-refractivity contribution is 7.89. The van der Waals surface area contributed by atoms with Gasteiger partial charge >= 0.3 is 0 Å². The Labute approximate surface area is 184 Å². The maximum atomic E-state index is 12.8. The zero-order chi connectivity index (χ0) is 22.0. The summed E-state index contributed by atoms with van der Waals surface area (Å²) in [5.41, 5.74) is 2.95. The van der Waals surface area contributed by atoms with Crippen molar-refractivity contribution in [1.29, 1.82) is 0 Å². The second-order valence-corrected chi connectivity index (χ2v) is 10.1. The number of carbonyl (C=O) groups excluding carboxylic acids is 1. The SMILES string of the molecule is CC(=O)N1c2ccc(S(=O)(=O)NCCN3CCN(c4ccccc4)CC3)cc2CC1C. The molecule has 0 radical (unpaired) electrons. The number of anilines is 2. The number of amides is 1. The molecule has 1 fully saturated rings. The first-order valence-corrected chi connectivity index (χ1v) is 12.3. The average molecular weight is 443 g/mol. The van der Waals surface area contributed by atoms with E-state index in [1.165, 1.54) is 12.6 Å². The summed E-state index contributed by atoms with van der Waals surface area (Å²) in [5, 5.41) is 0. The molecule has 1 unspecified atom stereocenters. The highest BCUT2D eigenvalue weighted by Crippen LogP contribution is 2.33. The lowest BCUT2D eigenvalue weighted by Crippen LogP contribution is -2.48. The summed E-state index contributed by atoms with van der Waals surface area (Å²) in [4.78, 5) is 18.5. The van der Waals surface area contributed by atoms with Crippen LogP contribution in [0, 0.1) is 0 Å². The number of nitrogens with zero attached hydrogens (tertiary/aromatic N) is 3. The lowest BCUT2D eigenvalue weighted by molar-refractivity contribution is -0.116. The molecule has 2 aliphatic heterocycles. The molecule has 2 heterocycles. The Kier molecular flexibility index (Phi) is 6.31. The minimum Gasteiger partial charge on any atom is -0.369 e. The van der Waals surface area contributed by atoms with Gasteiger partial charge < -0.3 is 9.80 Å². The van der Waals surface area contributed by atoms with E-state index in [9.17, 15) is 13.2 Å². The topological polar surface area (TPSA) is 73.0 Å². The number of hydrogen-bond acceptors (Lipinski definition) is 5. The van der Waals surface area contributed by atoms with Crippen LogP contribution in [0.5, 0.6) is 0 Å². The maximum absolute atomic E-state index is 12.8. The first-order valence-electron chi connectivity index (χ1n) is 10.8. The molecule has 0 spiro atoms. The quantitative estimate of drug-likeness (QED) is 0.742. The van der Waals surface area contributed by atoms with Gasteiger partial charge in [-0.05, 0) is 49.2 Å². The van der Waals surface area contributed by atoms with Crippen LogP contribution in [0.15, 0.2) is 53.4 Å². The van der Waals surface area contributed by atoms with E-state index in [0.717, 1.165) is 37.4 Å². The number of sulfonamides is 1. The van der Waals surface area contributed by atoms with Gasteiger partial charge in [0.15, 0.2) is 0 Å². The molecule has 0 aliphatic carbocycles. The summed E-state index contributed by atoms with van der Waals surface area (Å²) < 4.78 is 28.3. The number of benzene rings is 2. The first-order chi connectivity index (χ1) is 14.8. The van der Waals surface area contributed by atoms with Crippen LogP contribution in [0.25, 0.3) is 0 Å². The lowest BCUT2D eigenvalue weighted by atomic mass is 10.1. The zero-order valence-corrected chi connectivity index (χ0v) is 18.9. The van der Waals surface area contributed by atoms with Crippen molar-refractivity contribution in [3.63, 3.8) is 0 Å². The molecule has 8 heteroatoms. The fourth-order valence-electron chi connectivity index (χ4n) is 4.54. The van der Waals surface area contributed by atoms with E-state index in [4.69, 9.17) is 0 Å². The summed E-state index contributed by atoms with van der Waals surface area (Å²) in [7, 11) is -3.58. The molecular weight excluding hydrogens is 412 g/mol. The van der Waals surface area contributed by atoms with Crippen molar-refractivity contribution in [2.45, 2.75) is 31.2 Å². The fourth-order valence-corrected chi connectivity index (χ4v) is 5.62. The smallest absolute Gasteiger partial charge is 0.240 e. The Bertz CT molecular complexity index is 1030. The number of fused-ring (bicyclic) bond motifs is 1. The molecule has 7 nitrogen and oxygen atoms in total. The summed E-state index contributed by atoms with van der Waals surface area (Å²) in [6.07, 6.45) is 0.671. The predicted molar refractivity (Wildman–Crippen MR) is 123 cm³/mol. The molecule has 2 aliphatic rings. The maximum Gasteiger partial charge on any atom is 0.240 e. The van der Waals surface area contributed by atoms with E-state index in [-0.39, 0.29) is 16.8 Å². The van der Waals surface area contributed by atoms with Gasteiger partial charge in [0, 0.05) is 63.6 Å². The molecule has 0 bridgehead atoms. The van der Waals surface area contributed by atoms with E-state index < -0.39 is 10.0 Å². The number of carbonyl (C=O) groups is 1. The Morgan fingerprint density at radius 3 is 2.45 bits per heavy atom. The molecule has 1 amide bonds. The van der Waals surface area contributed by atoms with Crippen LogP contribution >= 0.6 is 0 Å². The van der Waals surface area contributed by atoms with E-state index >= 15 is 0 Å². The molecule has 31 heavy (non-hydrogen) atoms. The molecule has 0 saturated carbocycles. The van der Waals surface area contributed by atoms with Gasteiger partial charge in [-0.1, -0.05) is 18.2 Å². The van der Waals surface area contributed by atoms with Gasteiger partial charge in [-0.25, -0.2) is 13.1 Å². The summed E-state index contributed by atoms with van der Waals surface area (Å²) in [6.45, 7) is 8.27. The average Bonchev–Trinajstić information content (AvgIpc) is 3.10. The van der Waals surface area contributed by atoms with Crippen LogP contribution in [0.2, 0.25) is 0 Å². The minimum atomic E-state index is -3.58. The van der Waals surface area contributed by atoms with Gasteiger partial charge in [-0.3, -0.25) is 9.69 Å². The second-order valence-electron chi connectivity index (χ2n) is 8.29. The molecule has 2 aromatic rings. The Morgan fingerprint density at radius 1 is 1.06 bits per heavy atom. The second kappa shape index (κ2) is 8.98. The van der Waals surface area contributed by atoms with Gasteiger partial charge in [-0.2, -0.15) is 0 Å². The Hall–Kier alpha value is -2.42. The number of para-hydroxylation sites is 1. The molecule has 4 rings (SSSR count). The predicted octanol–water partition coefficient (Wildman–Crippen LogP) is 2.08. The third kappa shape index (κ3) is 4.76. The third-order valence-corrected chi connectivity index (χ3v) is 7.59. The van der Waals surface area contributed by atoms with Crippen LogP contribution in [0.1, 0.15) is 19.4 Å². The van der Waals surface area contributed by atoms with E-state index in [1.54, 1.807) is 23.1 Å². The highest BCUT2D eigenvalue weighted by atomic mass is 32.2. The van der Waals surface area contributed by atoms with Crippen molar-refractivity contribution < 1.29 is 13.2 Å². The van der Waals surface area contributed by atoms with E-state index in [1.807, 2.05) is 25.1 Å². The monoisotopic (exact) mass is 442 g/mol. The van der Waals surface area contributed by atoms with Crippen LogP contribution in [0.3, 0.4) is 0 Å². The van der Waals surface area contributed by atoms with Crippen LogP contribution in [-0.2, 0) is 21.2 Å². The van der Waals surface area contributed by atoms with Crippen molar-refractivity contribution in [3.8, 4) is 0 Å². The lowest BCUT2D eigenvalue weighted by Gasteiger charge is -2.36. The van der Waals surface area contributed by atoms with Gasteiger partial charge in [-0.15, -0.1) is 0 Å². The molecule has 1 saturated heterocycles. The van der Waals surface area contributed by atoms with Crippen molar-refractivity contribution in [2.24, 2.45) is 0 Å². The molecule has 2 aromatic carbocycles. The largest absolute Gasteiger partial charge is 0.369 e. The molecule has 1 atom stereocenters. The van der Waals surface area contributed by atoms with E-state index in [0.29, 0.717) is 19.5 Å².